The van der Waals surface area contributed by atoms with Crippen LogP contribution in [0.3, 0.4) is 0 Å². The predicted molar refractivity (Wildman–Crippen MR) is 158 cm³/mol. The molecule has 16 heteroatoms. The summed E-state index contributed by atoms with van der Waals surface area (Å²) in [4.78, 5) is 17.3. The molecule has 3 aromatic heterocycles. The van der Waals surface area contributed by atoms with Crippen molar-refractivity contribution < 1.29 is 35.9 Å². The molecule has 0 spiro atoms. The molecule has 1 N–H and O–H groups in total. The number of hydrogen-bond donors (Lipinski definition) is 1. The number of hydrogen-bond acceptors (Lipinski definition) is 8. The molecule has 0 bridgehead atoms. The highest BCUT2D eigenvalue weighted by molar-refractivity contribution is 7.89. The minimum absolute atomic E-state index is 0.0351. The average molecular weight is 677 g/mol. The molecule has 0 radical (unpaired) electrons. The smallest absolute Gasteiger partial charge is 0.389 e. The molecule has 0 unspecified atom stereocenters. The van der Waals surface area contributed by atoms with Gasteiger partial charge in [0.05, 0.1) is 34.8 Å². The third kappa shape index (κ3) is 5.30. The lowest BCUT2D eigenvalue weighted by molar-refractivity contribution is -0.134. The maximum Gasteiger partial charge on any atom is 0.427 e. The minimum atomic E-state index is -4.69. The summed E-state index contributed by atoms with van der Waals surface area (Å²) < 4.78 is 86.5. The van der Waals surface area contributed by atoms with Gasteiger partial charge in [-0.25, -0.2) is 22.5 Å². The third-order valence-corrected chi connectivity index (χ3v) is 11.9. The highest BCUT2D eigenvalue weighted by Crippen LogP contribution is 2.53. The van der Waals surface area contributed by atoms with E-state index in [0.717, 1.165) is 0 Å². The van der Waals surface area contributed by atoms with Crippen LogP contribution in [0.2, 0.25) is 0 Å². The Bertz CT molecular complexity index is 1980. The van der Waals surface area contributed by atoms with Gasteiger partial charge in [0.15, 0.2) is 10.0 Å². The van der Waals surface area contributed by atoms with Gasteiger partial charge in [0, 0.05) is 25.8 Å². The molecule has 1 aromatic carbocycles. The Kier molecular flexibility index (Phi) is 7.15. The number of ketones is 1. The normalized spacial score (nSPS) is 22.3. The molecule has 3 aliphatic rings. The van der Waals surface area contributed by atoms with Crippen LogP contribution in [-0.4, -0.2) is 66.3 Å². The number of sulfonamides is 1. The first-order chi connectivity index (χ1) is 21.7. The third-order valence-electron chi connectivity index (χ3n) is 9.07. The molecule has 46 heavy (non-hydrogen) atoms. The Hall–Kier alpha value is -3.73. The van der Waals surface area contributed by atoms with Gasteiger partial charge in [0.2, 0.25) is 5.78 Å². The highest BCUT2D eigenvalue weighted by Gasteiger charge is 2.54. The zero-order valence-corrected chi connectivity index (χ0v) is 26.0. The van der Waals surface area contributed by atoms with E-state index in [1.807, 2.05) is 0 Å². The number of carbonyl (C=O) groups excluding carboxylic acids is 1. The molecule has 242 valence electrons. The maximum atomic E-state index is 14.4. The van der Waals surface area contributed by atoms with E-state index in [1.165, 1.54) is 33.4 Å². The number of thiazole rings is 1. The topological polar surface area (TPSA) is 123 Å². The lowest BCUT2D eigenvalue weighted by Gasteiger charge is -2.46. The van der Waals surface area contributed by atoms with Gasteiger partial charge >= 0.3 is 6.18 Å². The Labute approximate surface area is 265 Å². The zero-order valence-electron chi connectivity index (χ0n) is 24.4. The van der Waals surface area contributed by atoms with E-state index < -0.39 is 49.7 Å². The van der Waals surface area contributed by atoms with Gasteiger partial charge in [-0.1, -0.05) is 5.57 Å². The van der Waals surface area contributed by atoms with Crippen molar-refractivity contribution in [3.8, 4) is 5.69 Å². The van der Waals surface area contributed by atoms with Gasteiger partial charge in [-0.3, -0.25) is 9.48 Å². The van der Waals surface area contributed by atoms with Gasteiger partial charge in [-0.15, -0.1) is 11.3 Å². The molecule has 2 atom stereocenters. The Morgan fingerprint density at radius 1 is 1.17 bits per heavy atom. The molecule has 4 aromatic rings. The van der Waals surface area contributed by atoms with E-state index in [2.05, 4.69) is 15.2 Å². The largest absolute Gasteiger partial charge is 0.427 e. The summed E-state index contributed by atoms with van der Waals surface area (Å²) in [5.74, 6) is -1.06. The molecule has 10 nitrogen and oxygen atoms in total. The Balaban J connectivity index is 1.32. The van der Waals surface area contributed by atoms with Crippen molar-refractivity contribution in [1.82, 2.24) is 28.9 Å². The van der Waals surface area contributed by atoms with Crippen molar-refractivity contribution >= 4 is 33.2 Å². The van der Waals surface area contributed by atoms with E-state index in [-0.39, 0.29) is 53.6 Å². The van der Waals surface area contributed by atoms with Crippen molar-refractivity contribution in [2.45, 2.75) is 61.4 Å². The first kappa shape index (κ1) is 30.9. The number of allylic oxidation sites excluding steroid dienone is 1. The van der Waals surface area contributed by atoms with E-state index in [4.69, 9.17) is 0 Å². The summed E-state index contributed by atoms with van der Waals surface area (Å²) in [6.45, 7) is -0.205. The van der Waals surface area contributed by atoms with Gasteiger partial charge in [-0.05, 0) is 80.5 Å². The molecule has 0 aliphatic heterocycles. The fourth-order valence-corrected chi connectivity index (χ4v) is 9.00. The number of benzene rings is 1. The number of aromatic nitrogens is 5. The number of nitrogens with zero attached hydrogens (tertiary/aromatic N) is 6. The number of aryl methyl sites for hydroxylation is 1. The first-order valence-electron chi connectivity index (χ1n) is 14.5. The fourth-order valence-electron chi connectivity index (χ4n) is 6.49. The van der Waals surface area contributed by atoms with E-state index in [9.17, 15) is 35.9 Å². The molecule has 0 saturated heterocycles. The molecular formula is C30H28F4N6O4S2. The highest BCUT2D eigenvalue weighted by atomic mass is 32.2. The molecular weight excluding hydrogens is 648 g/mol. The number of fused-ring (bicyclic) bond motifs is 2. The molecule has 7 rings (SSSR count). The first-order valence-corrected chi connectivity index (χ1v) is 16.8. The molecule has 2 fully saturated rings. The number of carbonyl (C=O) groups is 1. The summed E-state index contributed by atoms with van der Waals surface area (Å²) in [6.07, 6.45) is 2.12. The van der Waals surface area contributed by atoms with Crippen molar-refractivity contribution in [2.24, 2.45) is 12.5 Å². The van der Waals surface area contributed by atoms with Gasteiger partial charge in [0.25, 0.3) is 10.0 Å². The quantitative estimate of drug-likeness (QED) is 0.210. The van der Waals surface area contributed by atoms with Crippen LogP contribution >= 0.6 is 11.3 Å². The number of rotatable bonds is 8. The predicted octanol–water partition coefficient (Wildman–Crippen LogP) is 4.80. The molecule has 3 aliphatic carbocycles. The monoisotopic (exact) mass is 676 g/mol. The number of Topliss-reactive ketones (excluding diaryl/α,β-unsaturated/α-hetero) is 1. The lowest BCUT2D eigenvalue weighted by Crippen LogP contribution is -2.52. The molecule has 2 saturated carbocycles. The second kappa shape index (κ2) is 10.7. The van der Waals surface area contributed by atoms with Crippen molar-refractivity contribution in [3.63, 3.8) is 0 Å². The van der Waals surface area contributed by atoms with E-state index >= 15 is 0 Å². The summed E-state index contributed by atoms with van der Waals surface area (Å²) >= 11 is 0.258. The van der Waals surface area contributed by atoms with Crippen LogP contribution < -0.4 is 0 Å². The zero-order chi connectivity index (χ0) is 32.6. The van der Waals surface area contributed by atoms with Crippen LogP contribution in [0.5, 0.6) is 0 Å². The van der Waals surface area contributed by atoms with Crippen LogP contribution in [0.1, 0.15) is 58.0 Å². The summed E-state index contributed by atoms with van der Waals surface area (Å²) in [6, 6.07) is 6.28. The van der Waals surface area contributed by atoms with Crippen LogP contribution in [0.4, 0.5) is 17.6 Å². The van der Waals surface area contributed by atoms with Crippen molar-refractivity contribution in [2.75, 3.05) is 6.54 Å². The number of aliphatic hydroxyl groups is 1. The minimum Gasteiger partial charge on any atom is -0.389 e. The standard InChI is InChI=1S/C30H28F4N6O4S2/c1-38-11-8-25(37-38)46(43,44)39(17-28(42)9-10-28)22-5-2-19-12-23-18(15-36-40(23)21-6-3-20(31)4-7-21)13-29(19,14-22)26(41)27-35-16-24(45-27)30(32,33)34/h3-4,6-8,11-12,15-16,22,42H,2,5,9-10,13-14,17H2,1H3/t22-,29-/m0/s1. The fraction of sp³-hybridized carbons (Fsp3) is 0.400. The van der Waals surface area contributed by atoms with Crippen molar-refractivity contribution in [3.05, 3.63) is 81.5 Å². The summed E-state index contributed by atoms with van der Waals surface area (Å²) in [5, 5.41) is 18.9. The average Bonchev–Trinajstić information content (AvgIpc) is 3.40. The van der Waals surface area contributed by atoms with Crippen LogP contribution in [0.15, 0.2) is 59.5 Å². The van der Waals surface area contributed by atoms with Gasteiger partial charge < -0.3 is 5.11 Å². The molecule has 3 heterocycles. The Morgan fingerprint density at radius 3 is 2.54 bits per heavy atom. The van der Waals surface area contributed by atoms with Crippen LogP contribution in [-0.2, 0) is 29.7 Å². The van der Waals surface area contributed by atoms with E-state index in [0.29, 0.717) is 41.6 Å². The lowest BCUT2D eigenvalue weighted by atomic mass is 9.61. The summed E-state index contributed by atoms with van der Waals surface area (Å²) in [5.41, 5.74) is -0.195. The van der Waals surface area contributed by atoms with E-state index in [1.54, 1.807) is 36.1 Å². The number of halogens is 4. The maximum absolute atomic E-state index is 14.4. The van der Waals surface area contributed by atoms with Crippen molar-refractivity contribution in [1.29, 1.82) is 0 Å². The Morgan fingerprint density at radius 2 is 1.91 bits per heavy atom. The second-order valence-corrected chi connectivity index (χ2v) is 15.1. The number of alkyl halides is 3. The SMILES string of the molecule is Cn1ccc(S(=O)(=O)N(CC2(O)CC2)[C@H]2CCC3=Cc4c(cnn4-c4ccc(F)cc4)C[C@]3(C(=O)c3ncc(C(F)(F)F)s3)C2)n1. The van der Waals surface area contributed by atoms with Crippen LogP contribution in [0.25, 0.3) is 11.8 Å². The molecule has 0 amide bonds. The summed E-state index contributed by atoms with van der Waals surface area (Å²) in [7, 11) is -2.66. The van der Waals surface area contributed by atoms with Gasteiger partial charge in [-0.2, -0.15) is 27.7 Å². The van der Waals surface area contributed by atoms with Crippen LogP contribution in [0, 0.1) is 11.2 Å². The second-order valence-electron chi connectivity index (χ2n) is 12.2. The van der Waals surface area contributed by atoms with Gasteiger partial charge in [0.1, 0.15) is 10.7 Å².